The van der Waals surface area contributed by atoms with Gasteiger partial charge >= 0.3 is 6.18 Å². The molecule has 0 atom stereocenters. The van der Waals surface area contributed by atoms with Crippen LogP contribution in [0.2, 0.25) is 0 Å². The van der Waals surface area contributed by atoms with E-state index in [1.807, 2.05) is 6.92 Å². The van der Waals surface area contributed by atoms with Crippen molar-refractivity contribution in [2.75, 3.05) is 26.2 Å². The van der Waals surface area contributed by atoms with Crippen LogP contribution in [0.15, 0.2) is 10.4 Å². The molecule has 1 aliphatic rings. The van der Waals surface area contributed by atoms with Crippen molar-refractivity contribution in [1.82, 2.24) is 20.5 Å². The summed E-state index contributed by atoms with van der Waals surface area (Å²) in [7, 11) is 0. The minimum atomic E-state index is -4.40. The van der Waals surface area contributed by atoms with Crippen molar-refractivity contribution in [3.05, 3.63) is 16.1 Å². The Labute approximate surface area is 144 Å². The third kappa shape index (κ3) is 5.94. The lowest BCUT2D eigenvalue weighted by molar-refractivity contribution is -0.140. The molecule has 2 N–H and O–H groups in total. The van der Waals surface area contributed by atoms with E-state index in [2.05, 4.69) is 32.4 Å². The van der Waals surface area contributed by atoms with Crippen molar-refractivity contribution in [3.8, 4) is 0 Å². The minimum absolute atomic E-state index is 0.135. The molecule has 0 unspecified atom stereocenters. The molecule has 1 aliphatic carbocycles. The van der Waals surface area contributed by atoms with Gasteiger partial charge in [-0.1, -0.05) is 6.92 Å². The van der Waals surface area contributed by atoms with E-state index in [4.69, 9.17) is 0 Å². The Hall–Kier alpha value is -1.35. The van der Waals surface area contributed by atoms with E-state index in [0.29, 0.717) is 23.6 Å². The number of thiazole rings is 1. The van der Waals surface area contributed by atoms with Crippen LogP contribution in [0.3, 0.4) is 0 Å². The lowest BCUT2D eigenvalue weighted by Crippen LogP contribution is -2.42. The minimum Gasteiger partial charge on any atom is -0.357 e. The highest BCUT2D eigenvalue weighted by Gasteiger charge is 2.33. The number of aromatic nitrogens is 1. The molecule has 0 radical (unpaired) electrons. The van der Waals surface area contributed by atoms with Crippen LogP contribution in [-0.4, -0.2) is 48.1 Å². The van der Waals surface area contributed by atoms with Gasteiger partial charge in [0.25, 0.3) is 0 Å². The van der Waals surface area contributed by atoms with Crippen molar-refractivity contribution >= 4 is 17.3 Å². The summed E-state index contributed by atoms with van der Waals surface area (Å²) < 4.78 is 37.6. The van der Waals surface area contributed by atoms with Crippen LogP contribution in [-0.2, 0) is 12.7 Å². The standard InChI is InChI=1S/C15H24F3N5S/c1-3-19-14(20-7-8-23(4-2)11-5-6-11)21-9-13-22-12(10-24-13)15(16,17)18/h10-11H,3-9H2,1-2H3,(H2,19,20,21). The number of nitrogens with zero attached hydrogens (tertiary/aromatic N) is 3. The molecule has 1 saturated carbocycles. The maximum absolute atomic E-state index is 12.5. The van der Waals surface area contributed by atoms with Gasteiger partial charge in [0.05, 0.1) is 6.54 Å². The zero-order chi connectivity index (χ0) is 17.6. The number of alkyl halides is 3. The molecule has 136 valence electrons. The molecule has 0 spiro atoms. The fourth-order valence-corrected chi connectivity index (χ4v) is 3.08. The van der Waals surface area contributed by atoms with E-state index >= 15 is 0 Å². The molecule has 1 aromatic rings. The lowest BCUT2D eigenvalue weighted by Gasteiger charge is -2.20. The van der Waals surface area contributed by atoms with Crippen molar-refractivity contribution in [3.63, 3.8) is 0 Å². The summed E-state index contributed by atoms with van der Waals surface area (Å²) >= 11 is 0.979. The fraction of sp³-hybridized carbons (Fsp3) is 0.733. The molecule has 2 rings (SSSR count). The SMILES string of the molecule is CCNC(=NCc1nc(C(F)(F)F)cs1)NCCN(CC)C1CC1. The maximum Gasteiger partial charge on any atom is 0.434 e. The Bertz CT molecular complexity index is 539. The van der Waals surface area contributed by atoms with Crippen LogP contribution >= 0.6 is 11.3 Å². The molecular weight excluding hydrogens is 339 g/mol. The van der Waals surface area contributed by atoms with Gasteiger partial charge in [-0.25, -0.2) is 9.98 Å². The molecule has 0 aliphatic heterocycles. The molecule has 0 saturated heterocycles. The number of nitrogens with one attached hydrogen (secondary N) is 2. The van der Waals surface area contributed by atoms with Crippen LogP contribution in [0, 0.1) is 0 Å². The van der Waals surface area contributed by atoms with Gasteiger partial charge in [0.2, 0.25) is 0 Å². The predicted octanol–water partition coefficient (Wildman–Crippen LogP) is 2.70. The molecule has 1 fully saturated rings. The molecule has 9 heteroatoms. The van der Waals surface area contributed by atoms with E-state index in [1.54, 1.807) is 0 Å². The van der Waals surface area contributed by atoms with Crippen LogP contribution in [0.5, 0.6) is 0 Å². The first-order chi connectivity index (χ1) is 11.4. The second-order valence-corrected chi connectivity index (χ2v) is 6.55. The average Bonchev–Trinajstić information content (AvgIpc) is 3.24. The molecule has 0 aromatic carbocycles. The maximum atomic E-state index is 12.5. The Kier molecular flexibility index (Phi) is 6.85. The lowest BCUT2D eigenvalue weighted by atomic mass is 10.4. The molecular formula is C15H24F3N5S. The smallest absolute Gasteiger partial charge is 0.357 e. The Balaban J connectivity index is 1.84. The summed E-state index contributed by atoms with van der Waals surface area (Å²) in [6.07, 6.45) is -1.85. The van der Waals surface area contributed by atoms with Crippen molar-refractivity contribution in [2.45, 2.75) is 45.5 Å². The number of rotatable bonds is 8. The summed E-state index contributed by atoms with van der Waals surface area (Å²) in [6, 6.07) is 0.715. The Morgan fingerprint density at radius 3 is 2.67 bits per heavy atom. The second-order valence-electron chi connectivity index (χ2n) is 5.61. The van der Waals surface area contributed by atoms with Crippen molar-refractivity contribution in [1.29, 1.82) is 0 Å². The van der Waals surface area contributed by atoms with Gasteiger partial charge < -0.3 is 10.6 Å². The number of hydrogen-bond donors (Lipinski definition) is 2. The van der Waals surface area contributed by atoms with Crippen molar-refractivity contribution < 1.29 is 13.2 Å². The van der Waals surface area contributed by atoms with E-state index in [1.165, 1.54) is 12.8 Å². The number of likely N-dealkylation sites (N-methyl/N-ethyl adjacent to an activating group) is 1. The van der Waals surface area contributed by atoms with Crippen LogP contribution in [0.25, 0.3) is 0 Å². The zero-order valence-corrected chi connectivity index (χ0v) is 14.8. The highest BCUT2D eigenvalue weighted by molar-refractivity contribution is 7.09. The quantitative estimate of drug-likeness (QED) is 0.551. The summed E-state index contributed by atoms with van der Waals surface area (Å²) in [5.74, 6) is 0.605. The molecule has 1 aromatic heterocycles. The topological polar surface area (TPSA) is 52.6 Å². The van der Waals surface area contributed by atoms with Gasteiger partial charge in [0, 0.05) is 31.1 Å². The summed E-state index contributed by atoms with van der Waals surface area (Å²) in [4.78, 5) is 10.3. The van der Waals surface area contributed by atoms with Crippen LogP contribution in [0.4, 0.5) is 13.2 Å². The molecule has 0 amide bonds. The normalized spacial score (nSPS) is 15.8. The van der Waals surface area contributed by atoms with Gasteiger partial charge in [-0.3, -0.25) is 4.90 Å². The third-order valence-corrected chi connectivity index (χ3v) is 4.55. The molecule has 1 heterocycles. The number of aliphatic imine (C=N–C) groups is 1. The fourth-order valence-electron chi connectivity index (χ4n) is 2.36. The first kappa shape index (κ1) is 19.0. The van der Waals surface area contributed by atoms with Crippen molar-refractivity contribution in [2.24, 2.45) is 4.99 Å². The molecule has 5 nitrogen and oxygen atoms in total. The van der Waals surface area contributed by atoms with Gasteiger partial charge in [0.1, 0.15) is 5.01 Å². The average molecular weight is 363 g/mol. The highest BCUT2D eigenvalue weighted by atomic mass is 32.1. The van der Waals surface area contributed by atoms with E-state index < -0.39 is 11.9 Å². The largest absolute Gasteiger partial charge is 0.434 e. The third-order valence-electron chi connectivity index (χ3n) is 3.72. The van der Waals surface area contributed by atoms with E-state index in [-0.39, 0.29) is 6.54 Å². The predicted molar refractivity (Wildman–Crippen MR) is 90.2 cm³/mol. The van der Waals surface area contributed by atoms with Crippen LogP contribution < -0.4 is 10.6 Å². The summed E-state index contributed by atoms with van der Waals surface area (Å²) in [5, 5.41) is 7.71. The highest BCUT2D eigenvalue weighted by Crippen LogP contribution is 2.30. The Morgan fingerprint density at radius 2 is 2.12 bits per heavy atom. The number of guanidine groups is 1. The summed E-state index contributed by atoms with van der Waals surface area (Å²) in [6.45, 7) is 7.64. The van der Waals surface area contributed by atoms with E-state index in [9.17, 15) is 13.2 Å². The summed E-state index contributed by atoms with van der Waals surface area (Å²) in [5.41, 5.74) is -0.848. The molecule has 0 bridgehead atoms. The first-order valence-corrected chi connectivity index (χ1v) is 9.09. The zero-order valence-electron chi connectivity index (χ0n) is 14.0. The van der Waals surface area contributed by atoms with Gasteiger partial charge in [0.15, 0.2) is 11.7 Å². The van der Waals surface area contributed by atoms with Gasteiger partial charge in [-0.05, 0) is 26.3 Å². The number of halogens is 3. The van der Waals surface area contributed by atoms with Gasteiger partial charge in [-0.15, -0.1) is 11.3 Å². The van der Waals surface area contributed by atoms with Gasteiger partial charge in [-0.2, -0.15) is 13.2 Å². The molecule has 24 heavy (non-hydrogen) atoms. The Morgan fingerprint density at radius 1 is 1.38 bits per heavy atom. The second kappa shape index (κ2) is 8.66. The van der Waals surface area contributed by atoms with Crippen LogP contribution in [0.1, 0.15) is 37.4 Å². The first-order valence-electron chi connectivity index (χ1n) is 8.21. The monoisotopic (exact) mass is 363 g/mol. The number of hydrogen-bond acceptors (Lipinski definition) is 4. The van der Waals surface area contributed by atoms with E-state index in [0.717, 1.165) is 36.4 Å².